The van der Waals surface area contributed by atoms with Crippen LogP contribution in [0, 0.1) is 11.3 Å². The van der Waals surface area contributed by atoms with Gasteiger partial charge in [0.25, 0.3) is 0 Å². The second kappa shape index (κ2) is 3.87. The maximum Gasteiger partial charge on any atom is 0.155 e. The van der Waals surface area contributed by atoms with Crippen molar-refractivity contribution in [3.05, 3.63) is 22.8 Å². The molecule has 0 N–H and O–H groups in total. The molecular weight excluding hydrogens is 196 g/mol. The Kier molecular flexibility index (Phi) is 2.81. The van der Waals surface area contributed by atoms with Crippen molar-refractivity contribution < 1.29 is 4.79 Å². The Morgan fingerprint density at radius 3 is 2.62 bits per heavy atom. The molecule has 0 amide bonds. The predicted molar refractivity (Wildman–Crippen MR) is 67.2 cm³/mol. The highest BCUT2D eigenvalue weighted by Crippen LogP contribution is 2.55. The normalized spacial score (nSPS) is 34.5. The first kappa shape index (κ1) is 11.6. The third-order valence-corrected chi connectivity index (χ3v) is 4.72. The standard InChI is InChI=1S/C15H22O/c1-10(2)13-5-6-15(9-13)11(3)7-14(16)8-12(15)4/h7,12H,5-6,8-9H2,1-4H3/t12-,15+/m0/s1. The minimum absolute atomic E-state index is 0.306. The van der Waals surface area contributed by atoms with E-state index in [0.29, 0.717) is 17.1 Å². The van der Waals surface area contributed by atoms with E-state index in [1.165, 1.54) is 30.4 Å². The van der Waals surface area contributed by atoms with Gasteiger partial charge in [-0.2, -0.15) is 0 Å². The van der Waals surface area contributed by atoms with Crippen molar-refractivity contribution in [1.82, 2.24) is 0 Å². The fourth-order valence-corrected chi connectivity index (χ4v) is 3.45. The monoisotopic (exact) mass is 218 g/mol. The van der Waals surface area contributed by atoms with Crippen LogP contribution in [0.2, 0.25) is 0 Å². The molecule has 0 aliphatic heterocycles. The van der Waals surface area contributed by atoms with Gasteiger partial charge in [0.2, 0.25) is 0 Å². The van der Waals surface area contributed by atoms with Gasteiger partial charge in [0.05, 0.1) is 0 Å². The number of rotatable bonds is 0. The zero-order valence-corrected chi connectivity index (χ0v) is 10.9. The van der Waals surface area contributed by atoms with Gasteiger partial charge in [0, 0.05) is 6.42 Å². The third-order valence-electron chi connectivity index (χ3n) is 4.72. The fourth-order valence-electron chi connectivity index (χ4n) is 3.45. The van der Waals surface area contributed by atoms with Crippen LogP contribution in [-0.2, 0) is 4.79 Å². The summed E-state index contributed by atoms with van der Waals surface area (Å²) in [7, 11) is 0. The smallest absolute Gasteiger partial charge is 0.155 e. The maximum absolute atomic E-state index is 11.6. The molecule has 0 saturated heterocycles. The Morgan fingerprint density at radius 2 is 2.12 bits per heavy atom. The van der Waals surface area contributed by atoms with Gasteiger partial charge < -0.3 is 0 Å². The molecule has 0 radical (unpaired) electrons. The molecule has 0 aromatic rings. The zero-order chi connectivity index (χ0) is 11.9. The van der Waals surface area contributed by atoms with Crippen LogP contribution >= 0.6 is 0 Å². The van der Waals surface area contributed by atoms with Crippen LogP contribution in [0.3, 0.4) is 0 Å². The van der Waals surface area contributed by atoms with Crippen molar-refractivity contribution in [2.24, 2.45) is 11.3 Å². The lowest BCUT2D eigenvalue weighted by Crippen LogP contribution is -2.32. The van der Waals surface area contributed by atoms with Gasteiger partial charge in [-0.15, -0.1) is 0 Å². The molecule has 88 valence electrons. The Balaban J connectivity index is 2.37. The van der Waals surface area contributed by atoms with Gasteiger partial charge in [0.15, 0.2) is 5.78 Å². The number of hydrogen-bond donors (Lipinski definition) is 0. The molecule has 0 aromatic carbocycles. The van der Waals surface area contributed by atoms with E-state index in [-0.39, 0.29) is 0 Å². The van der Waals surface area contributed by atoms with Gasteiger partial charge in [-0.1, -0.05) is 23.6 Å². The van der Waals surface area contributed by atoms with E-state index in [2.05, 4.69) is 27.7 Å². The summed E-state index contributed by atoms with van der Waals surface area (Å²) in [4.78, 5) is 11.6. The number of carbonyl (C=O) groups excluding carboxylic acids is 1. The molecule has 16 heavy (non-hydrogen) atoms. The first-order valence-electron chi connectivity index (χ1n) is 6.32. The quantitative estimate of drug-likeness (QED) is 0.561. The summed E-state index contributed by atoms with van der Waals surface area (Å²) in [5.41, 5.74) is 4.73. The van der Waals surface area contributed by atoms with E-state index in [0.717, 1.165) is 6.42 Å². The molecule has 1 saturated carbocycles. The molecule has 2 aliphatic carbocycles. The van der Waals surface area contributed by atoms with Crippen LogP contribution in [0.4, 0.5) is 0 Å². The van der Waals surface area contributed by atoms with E-state index in [1.54, 1.807) is 5.57 Å². The van der Waals surface area contributed by atoms with Gasteiger partial charge in [-0.25, -0.2) is 0 Å². The molecule has 1 nitrogen and oxygen atoms in total. The summed E-state index contributed by atoms with van der Waals surface area (Å²) in [6.45, 7) is 8.84. The van der Waals surface area contributed by atoms with Crippen LogP contribution in [0.15, 0.2) is 22.8 Å². The van der Waals surface area contributed by atoms with Crippen molar-refractivity contribution >= 4 is 5.78 Å². The Hall–Kier alpha value is -0.850. The Morgan fingerprint density at radius 1 is 1.44 bits per heavy atom. The summed E-state index contributed by atoms with van der Waals surface area (Å²) in [6, 6.07) is 0. The lowest BCUT2D eigenvalue weighted by atomic mass is 9.65. The van der Waals surface area contributed by atoms with Crippen molar-refractivity contribution in [1.29, 1.82) is 0 Å². The van der Waals surface area contributed by atoms with Crippen LogP contribution < -0.4 is 0 Å². The molecule has 0 heterocycles. The average Bonchev–Trinajstić information content (AvgIpc) is 2.60. The Labute approximate surface area is 98.6 Å². The van der Waals surface area contributed by atoms with Crippen molar-refractivity contribution in [2.45, 2.75) is 53.4 Å². The summed E-state index contributed by atoms with van der Waals surface area (Å²) in [6.07, 6.45) is 6.30. The summed E-state index contributed by atoms with van der Waals surface area (Å²) in [5, 5.41) is 0. The average molecular weight is 218 g/mol. The molecule has 0 unspecified atom stereocenters. The predicted octanol–water partition coefficient (Wildman–Crippen LogP) is 4.05. The molecule has 1 fully saturated rings. The van der Waals surface area contributed by atoms with Crippen LogP contribution in [0.1, 0.15) is 53.4 Å². The minimum atomic E-state index is 0.306. The number of allylic oxidation sites excluding steroid dienone is 4. The van der Waals surface area contributed by atoms with E-state index < -0.39 is 0 Å². The molecule has 0 aromatic heterocycles. The summed E-state index contributed by atoms with van der Waals surface area (Å²) in [5.74, 6) is 0.836. The third kappa shape index (κ3) is 1.66. The summed E-state index contributed by atoms with van der Waals surface area (Å²) < 4.78 is 0. The molecule has 2 atom stereocenters. The van der Waals surface area contributed by atoms with Gasteiger partial charge in [0.1, 0.15) is 0 Å². The summed E-state index contributed by atoms with van der Waals surface area (Å²) >= 11 is 0. The molecule has 1 spiro atoms. The number of ketones is 1. The SMILES string of the molecule is CC1=CC(=O)C[C@H](C)[C@@]12CCC(=C(C)C)C2. The minimum Gasteiger partial charge on any atom is -0.295 e. The topological polar surface area (TPSA) is 17.1 Å². The van der Waals surface area contributed by atoms with Crippen molar-refractivity contribution in [3.63, 3.8) is 0 Å². The molecule has 2 aliphatic rings. The maximum atomic E-state index is 11.6. The van der Waals surface area contributed by atoms with E-state index >= 15 is 0 Å². The van der Waals surface area contributed by atoms with E-state index in [1.807, 2.05) is 6.08 Å². The highest BCUT2D eigenvalue weighted by molar-refractivity contribution is 5.91. The second-order valence-corrected chi connectivity index (χ2v) is 5.84. The zero-order valence-electron chi connectivity index (χ0n) is 10.9. The highest BCUT2D eigenvalue weighted by atomic mass is 16.1. The first-order valence-corrected chi connectivity index (χ1v) is 6.32. The molecule has 0 bridgehead atoms. The largest absolute Gasteiger partial charge is 0.295 e. The fraction of sp³-hybridized carbons (Fsp3) is 0.667. The number of hydrogen-bond acceptors (Lipinski definition) is 1. The molecule has 1 heteroatoms. The van der Waals surface area contributed by atoms with Gasteiger partial charge in [-0.3, -0.25) is 4.79 Å². The molecular formula is C15H22O. The van der Waals surface area contributed by atoms with Crippen LogP contribution in [-0.4, -0.2) is 5.78 Å². The molecule has 2 rings (SSSR count). The van der Waals surface area contributed by atoms with Crippen LogP contribution in [0.25, 0.3) is 0 Å². The van der Waals surface area contributed by atoms with Crippen LogP contribution in [0.5, 0.6) is 0 Å². The lowest BCUT2D eigenvalue weighted by Gasteiger charge is -2.39. The van der Waals surface area contributed by atoms with E-state index in [9.17, 15) is 4.79 Å². The van der Waals surface area contributed by atoms with Gasteiger partial charge in [-0.05, 0) is 57.4 Å². The number of carbonyl (C=O) groups is 1. The highest BCUT2D eigenvalue weighted by Gasteiger charge is 2.45. The van der Waals surface area contributed by atoms with Crippen molar-refractivity contribution in [2.75, 3.05) is 0 Å². The van der Waals surface area contributed by atoms with Gasteiger partial charge >= 0.3 is 0 Å². The lowest BCUT2D eigenvalue weighted by molar-refractivity contribution is -0.117. The van der Waals surface area contributed by atoms with Crippen molar-refractivity contribution in [3.8, 4) is 0 Å². The van der Waals surface area contributed by atoms with E-state index in [4.69, 9.17) is 0 Å². The second-order valence-electron chi connectivity index (χ2n) is 5.84. The Bertz CT molecular complexity index is 382. The first-order chi connectivity index (χ1) is 7.45.